The van der Waals surface area contributed by atoms with Gasteiger partial charge in [-0.1, -0.05) is 0 Å². The number of fused-ring (bicyclic) bond motifs is 1. The van der Waals surface area contributed by atoms with Crippen LogP contribution in [0.4, 0.5) is 17.1 Å². The maximum Gasteiger partial charge on any atom is 0.325 e. The van der Waals surface area contributed by atoms with Crippen molar-refractivity contribution in [2.45, 2.75) is 0 Å². The Balaban J connectivity index is 1.32. The van der Waals surface area contributed by atoms with E-state index in [4.69, 9.17) is 9.47 Å². The van der Waals surface area contributed by atoms with Crippen LogP contribution >= 0.6 is 0 Å². The summed E-state index contributed by atoms with van der Waals surface area (Å²) in [6.45, 7) is 3.19. The summed E-state index contributed by atoms with van der Waals surface area (Å²) in [7, 11) is 1.99. The van der Waals surface area contributed by atoms with Crippen molar-refractivity contribution in [3.63, 3.8) is 0 Å². The second-order valence-electron chi connectivity index (χ2n) is 7.38. The van der Waals surface area contributed by atoms with Crippen molar-refractivity contribution < 1.29 is 14.6 Å². The summed E-state index contributed by atoms with van der Waals surface area (Å²) in [6.07, 6.45) is 6.86. The van der Waals surface area contributed by atoms with E-state index in [2.05, 4.69) is 35.8 Å². The number of rotatable bonds is 5. The fraction of sp³-hybridized carbons (Fsp3) is 0.217. The number of aromatic hydroxyl groups is 1. The van der Waals surface area contributed by atoms with Crippen molar-refractivity contribution in [3.05, 3.63) is 61.2 Å². The monoisotopic (exact) mass is 430 g/mol. The lowest BCUT2D eigenvalue weighted by molar-refractivity contribution is 0.122. The molecule has 1 fully saturated rings. The molecule has 9 nitrogen and oxygen atoms in total. The van der Waals surface area contributed by atoms with Gasteiger partial charge in [0.1, 0.15) is 5.75 Å². The maximum atomic E-state index is 10.1. The molecule has 0 atom stereocenters. The fourth-order valence-corrected chi connectivity index (χ4v) is 3.58. The van der Waals surface area contributed by atoms with Crippen LogP contribution in [0.5, 0.6) is 17.6 Å². The number of aromatic nitrogens is 4. The molecule has 32 heavy (non-hydrogen) atoms. The highest BCUT2D eigenvalue weighted by molar-refractivity contribution is 5.82. The van der Waals surface area contributed by atoms with Crippen LogP contribution in [0.2, 0.25) is 0 Å². The molecule has 9 heteroatoms. The van der Waals surface area contributed by atoms with Gasteiger partial charge in [-0.3, -0.25) is 9.97 Å². The molecule has 0 bridgehead atoms. The Morgan fingerprint density at radius 1 is 0.969 bits per heavy atom. The number of pyridine rings is 2. The van der Waals surface area contributed by atoms with E-state index in [0.29, 0.717) is 16.7 Å². The summed E-state index contributed by atoms with van der Waals surface area (Å²) in [4.78, 5) is 21.1. The van der Waals surface area contributed by atoms with E-state index in [9.17, 15) is 5.11 Å². The average Bonchev–Trinajstić information content (AvgIpc) is 2.85. The van der Waals surface area contributed by atoms with Gasteiger partial charge in [0.05, 0.1) is 54.1 Å². The molecular formula is C23H22N6O3. The van der Waals surface area contributed by atoms with Gasteiger partial charge in [0, 0.05) is 32.0 Å². The zero-order valence-electron chi connectivity index (χ0n) is 17.5. The number of benzene rings is 1. The predicted molar refractivity (Wildman–Crippen MR) is 121 cm³/mol. The topological polar surface area (TPSA) is 96.7 Å². The zero-order chi connectivity index (χ0) is 21.9. The fourth-order valence-electron chi connectivity index (χ4n) is 3.58. The number of morpholine rings is 1. The molecule has 1 aromatic carbocycles. The van der Waals surface area contributed by atoms with Crippen LogP contribution in [0.15, 0.2) is 61.2 Å². The first-order valence-electron chi connectivity index (χ1n) is 10.3. The molecule has 0 radical (unpaired) electrons. The quantitative estimate of drug-likeness (QED) is 0.510. The molecule has 5 rings (SSSR count). The smallest absolute Gasteiger partial charge is 0.325 e. The van der Waals surface area contributed by atoms with Gasteiger partial charge in [0.15, 0.2) is 0 Å². The van der Waals surface area contributed by atoms with Gasteiger partial charge >= 0.3 is 6.01 Å². The normalized spacial score (nSPS) is 13.8. The number of hydrogen-bond acceptors (Lipinski definition) is 9. The van der Waals surface area contributed by atoms with E-state index in [1.54, 1.807) is 18.5 Å². The second-order valence-corrected chi connectivity index (χ2v) is 7.38. The summed E-state index contributed by atoms with van der Waals surface area (Å²) >= 11 is 0. The van der Waals surface area contributed by atoms with Crippen molar-refractivity contribution in [1.29, 1.82) is 0 Å². The van der Waals surface area contributed by atoms with Gasteiger partial charge in [0.2, 0.25) is 5.88 Å². The average molecular weight is 430 g/mol. The van der Waals surface area contributed by atoms with Crippen LogP contribution in [0.1, 0.15) is 0 Å². The van der Waals surface area contributed by atoms with E-state index >= 15 is 0 Å². The lowest BCUT2D eigenvalue weighted by Gasteiger charge is -2.29. The number of anilines is 3. The molecular weight excluding hydrogens is 408 g/mol. The Labute approximate surface area is 184 Å². The van der Waals surface area contributed by atoms with Crippen molar-refractivity contribution in [3.8, 4) is 17.6 Å². The minimum Gasteiger partial charge on any atom is -0.493 e. The Morgan fingerprint density at radius 3 is 2.59 bits per heavy atom. The molecule has 4 aromatic rings. The van der Waals surface area contributed by atoms with Crippen LogP contribution in [0.3, 0.4) is 0 Å². The summed E-state index contributed by atoms with van der Waals surface area (Å²) in [5.74, 6) is 0.418. The second kappa shape index (κ2) is 8.64. The molecule has 162 valence electrons. The largest absolute Gasteiger partial charge is 0.493 e. The van der Waals surface area contributed by atoms with E-state index in [1.165, 1.54) is 0 Å². The highest BCUT2D eigenvalue weighted by Gasteiger charge is 2.14. The molecule has 0 unspecified atom stereocenters. The molecule has 0 spiro atoms. The van der Waals surface area contributed by atoms with E-state index < -0.39 is 0 Å². The summed E-state index contributed by atoms with van der Waals surface area (Å²) in [5.41, 5.74) is 3.56. The molecule has 1 saturated heterocycles. The van der Waals surface area contributed by atoms with Gasteiger partial charge in [-0.2, -0.15) is 9.97 Å². The van der Waals surface area contributed by atoms with Gasteiger partial charge in [0.25, 0.3) is 0 Å². The highest BCUT2D eigenvalue weighted by atomic mass is 16.5. The summed E-state index contributed by atoms with van der Waals surface area (Å²) < 4.78 is 11.2. The van der Waals surface area contributed by atoms with Crippen molar-refractivity contribution >= 4 is 28.0 Å². The van der Waals surface area contributed by atoms with E-state index in [0.717, 1.165) is 43.4 Å². The third-order valence-corrected chi connectivity index (χ3v) is 5.36. The van der Waals surface area contributed by atoms with E-state index in [-0.39, 0.29) is 11.9 Å². The molecule has 0 aliphatic carbocycles. The van der Waals surface area contributed by atoms with Crippen LogP contribution < -0.4 is 14.5 Å². The molecule has 1 aliphatic heterocycles. The van der Waals surface area contributed by atoms with Crippen LogP contribution in [0, 0.1) is 0 Å². The molecule has 0 amide bonds. The van der Waals surface area contributed by atoms with Gasteiger partial charge in [-0.15, -0.1) is 0 Å². The van der Waals surface area contributed by atoms with Gasteiger partial charge in [-0.25, -0.2) is 0 Å². The zero-order valence-corrected chi connectivity index (χ0v) is 17.5. The molecule has 3 aromatic heterocycles. The third kappa shape index (κ3) is 4.10. The Kier molecular flexibility index (Phi) is 5.39. The highest BCUT2D eigenvalue weighted by Crippen LogP contribution is 2.30. The number of nitrogens with zero attached hydrogens (tertiary/aromatic N) is 6. The lowest BCUT2D eigenvalue weighted by Crippen LogP contribution is -2.36. The molecule has 0 saturated carbocycles. The minimum atomic E-state index is -0.142. The first-order chi connectivity index (χ1) is 15.7. The first-order valence-corrected chi connectivity index (χ1v) is 10.3. The number of hydrogen-bond donors (Lipinski definition) is 1. The van der Waals surface area contributed by atoms with Crippen LogP contribution in [0.25, 0.3) is 10.9 Å². The summed E-state index contributed by atoms with van der Waals surface area (Å²) in [5, 5.41) is 10.6. The van der Waals surface area contributed by atoms with Gasteiger partial charge in [-0.05, 0) is 36.4 Å². The summed E-state index contributed by atoms with van der Waals surface area (Å²) in [6, 6.07) is 11.4. The predicted octanol–water partition coefficient (Wildman–Crippen LogP) is 3.52. The van der Waals surface area contributed by atoms with Crippen LogP contribution in [-0.4, -0.2) is 58.4 Å². The third-order valence-electron chi connectivity index (χ3n) is 5.36. The lowest BCUT2D eigenvalue weighted by atomic mass is 10.2. The number of ether oxygens (including phenoxy) is 2. The van der Waals surface area contributed by atoms with Crippen molar-refractivity contribution in [2.24, 2.45) is 0 Å². The van der Waals surface area contributed by atoms with Crippen molar-refractivity contribution in [1.82, 2.24) is 19.9 Å². The first kappa shape index (κ1) is 20.0. The molecule has 4 heterocycles. The minimum absolute atomic E-state index is 0.0616. The Morgan fingerprint density at radius 2 is 1.78 bits per heavy atom. The Hall–Kier alpha value is -3.98. The van der Waals surface area contributed by atoms with Crippen LogP contribution in [-0.2, 0) is 4.74 Å². The SMILES string of the molecule is CN(c1ccc(Oc2nc(O)c3ccncc3n2)cc1)c1cncc(N2CCOCC2)c1. The van der Waals surface area contributed by atoms with Crippen molar-refractivity contribution in [2.75, 3.05) is 43.2 Å². The standard InChI is InChI=1S/C23H22N6O3/c1-28(17-12-18(14-25-13-17)29-8-10-31-11-9-29)16-2-4-19(5-3-16)32-23-26-21-15-24-7-6-20(21)22(30)27-23/h2-7,12-15H,8-11H2,1H3,(H,26,27,30). The van der Waals surface area contributed by atoms with E-state index in [1.807, 2.05) is 43.7 Å². The maximum absolute atomic E-state index is 10.1. The van der Waals surface area contributed by atoms with Gasteiger partial charge < -0.3 is 24.4 Å². The molecule has 1 aliphatic rings. The molecule has 1 N–H and O–H groups in total. The Bertz CT molecular complexity index is 1230.